The number of aryl methyl sites for hydroxylation is 1. The summed E-state index contributed by atoms with van der Waals surface area (Å²) in [6.07, 6.45) is 2.46. The first kappa shape index (κ1) is 14.2. The summed E-state index contributed by atoms with van der Waals surface area (Å²) in [5.74, 6) is 1.88. The topological polar surface area (TPSA) is 83.6 Å². The van der Waals surface area contributed by atoms with Crippen molar-refractivity contribution in [3.8, 4) is 0 Å². The highest BCUT2D eigenvalue weighted by Gasteiger charge is 2.03. The second-order valence-corrected chi connectivity index (χ2v) is 5.18. The monoisotopic (exact) mass is 273 g/mol. The second-order valence-electron chi connectivity index (χ2n) is 5.18. The Bertz CT molecular complexity index is 635. The van der Waals surface area contributed by atoms with Crippen LogP contribution in [0.25, 0.3) is 0 Å². The Morgan fingerprint density at radius 1 is 1.30 bits per heavy atom. The van der Waals surface area contributed by atoms with E-state index in [0.717, 1.165) is 17.9 Å². The molecule has 0 spiro atoms. The molecular formula is C14H19N5O. The Labute approximate surface area is 117 Å². The zero-order chi connectivity index (χ0) is 14.5. The minimum absolute atomic E-state index is 0.141. The molecule has 0 atom stereocenters. The fourth-order valence-corrected chi connectivity index (χ4v) is 1.92. The van der Waals surface area contributed by atoms with Gasteiger partial charge in [0.1, 0.15) is 18.0 Å². The van der Waals surface area contributed by atoms with E-state index in [1.807, 2.05) is 6.07 Å². The molecule has 0 aliphatic rings. The number of rotatable bonds is 5. The van der Waals surface area contributed by atoms with E-state index in [2.05, 4.69) is 39.1 Å². The quantitative estimate of drug-likeness (QED) is 0.866. The molecule has 0 radical (unpaired) electrons. The van der Waals surface area contributed by atoms with Crippen LogP contribution in [0.15, 0.2) is 23.3 Å². The van der Waals surface area contributed by atoms with Gasteiger partial charge in [-0.2, -0.15) is 0 Å². The van der Waals surface area contributed by atoms with E-state index < -0.39 is 0 Å². The lowest BCUT2D eigenvalue weighted by Gasteiger charge is -2.08. The van der Waals surface area contributed by atoms with Crippen LogP contribution in [0.5, 0.6) is 0 Å². The number of aromatic nitrogens is 4. The molecule has 0 saturated carbocycles. The summed E-state index contributed by atoms with van der Waals surface area (Å²) in [5.41, 5.74) is 1.56. The van der Waals surface area contributed by atoms with Gasteiger partial charge in [0.25, 0.3) is 5.56 Å². The van der Waals surface area contributed by atoms with E-state index in [1.165, 1.54) is 6.07 Å². The minimum atomic E-state index is -0.141. The molecule has 0 aliphatic carbocycles. The van der Waals surface area contributed by atoms with E-state index in [1.54, 1.807) is 13.3 Å². The molecule has 0 amide bonds. The molecule has 0 aromatic carbocycles. The van der Waals surface area contributed by atoms with Gasteiger partial charge < -0.3 is 10.3 Å². The van der Waals surface area contributed by atoms with Crippen LogP contribution >= 0.6 is 0 Å². The maximum atomic E-state index is 11.3. The zero-order valence-corrected chi connectivity index (χ0v) is 12.0. The van der Waals surface area contributed by atoms with Gasteiger partial charge >= 0.3 is 0 Å². The molecule has 6 nitrogen and oxygen atoms in total. The fourth-order valence-electron chi connectivity index (χ4n) is 1.92. The van der Waals surface area contributed by atoms with Gasteiger partial charge in [-0.1, -0.05) is 13.8 Å². The lowest BCUT2D eigenvalue weighted by atomic mass is 10.1. The summed E-state index contributed by atoms with van der Waals surface area (Å²) in [5, 5.41) is 3.15. The van der Waals surface area contributed by atoms with Crippen LogP contribution < -0.4 is 10.9 Å². The number of anilines is 1. The van der Waals surface area contributed by atoms with E-state index in [-0.39, 0.29) is 5.56 Å². The molecule has 0 fully saturated rings. The number of nitrogens with zero attached hydrogens (tertiary/aromatic N) is 3. The molecule has 6 heteroatoms. The van der Waals surface area contributed by atoms with Crippen LogP contribution in [-0.4, -0.2) is 19.9 Å². The molecule has 0 bridgehead atoms. The second kappa shape index (κ2) is 6.27. The van der Waals surface area contributed by atoms with E-state index in [9.17, 15) is 4.79 Å². The lowest BCUT2D eigenvalue weighted by molar-refractivity contribution is 0.634. The Morgan fingerprint density at radius 2 is 2.10 bits per heavy atom. The summed E-state index contributed by atoms with van der Waals surface area (Å²) in [4.78, 5) is 26.7. The van der Waals surface area contributed by atoms with Gasteiger partial charge in [-0.25, -0.2) is 15.0 Å². The van der Waals surface area contributed by atoms with Crippen molar-refractivity contribution < 1.29 is 0 Å². The predicted octanol–water partition coefficient (Wildman–Crippen LogP) is 1.68. The molecule has 106 valence electrons. The SMILES string of the molecule is Cc1cc(=O)[nH]c(CNc2cc(CC(C)C)ncn2)n1. The molecule has 0 aliphatic heterocycles. The third-order valence-corrected chi connectivity index (χ3v) is 2.70. The molecule has 2 heterocycles. The van der Waals surface area contributed by atoms with Crippen molar-refractivity contribution in [1.29, 1.82) is 0 Å². The van der Waals surface area contributed by atoms with Gasteiger partial charge in [-0.3, -0.25) is 4.79 Å². The normalized spacial score (nSPS) is 10.8. The van der Waals surface area contributed by atoms with Crippen molar-refractivity contribution in [2.45, 2.75) is 33.7 Å². The highest BCUT2D eigenvalue weighted by Crippen LogP contribution is 2.09. The number of hydrogen-bond acceptors (Lipinski definition) is 5. The number of nitrogens with one attached hydrogen (secondary N) is 2. The average molecular weight is 273 g/mol. The third kappa shape index (κ3) is 4.15. The Hall–Kier alpha value is -2.24. The highest BCUT2D eigenvalue weighted by atomic mass is 16.1. The predicted molar refractivity (Wildman–Crippen MR) is 77.5 cm³/mol. The molecule has 2 N–H and O–H groups in total. The molecule has 0 saturated heterocycles. The van der Waals surface area contributed by atoms with E-state index in [0.29, 0.717) is 24.0 Å². The smallest absolute Gasteiger partial charge is 0.251 e. The van der Waals surface area contributed by atoms with Gasteiger partial charge in [-0.05, 0) is 19.3 Å². The summed E-state index contributed by atoms with van der Waals surface area (Å²) in [6.45, 7) is 6.52. The van der Waals surface area contributed by atoms with Crippen molar-refractivity contribution in [2.75, 3.05) is 5.32 Å². The van der Waals surface area contributed by atoms with Crippen molar-refractivity contribution in [3.63, 3.8) is 0 Å². The van der Waals surface area contributed by atoms with Crippen molar-refractivity contribution in [1.82, 2.24) is 19.9 Å². The van der Waals surface area contributed by atoms with Gasteiger partial charge in [0.2, 0.25) is 0 Å². The molecule has 2 aromatic heterocycles. The van der Waals surface area contributed by atoms with Gasteiger partial charge in [0, 0.05) is 23.5 Å². The highest BCUT2D eigenvalue weighted by molar-refractivity contribution is 5.35. The summed E-state index contributed by atoms with van der Waals surface area (Å²) < 4.78 is 0. The number of hydrogen-bond donors (Lipinski definition) is 2. The van der Waals surface area contributed by atoms with Gasteiger partial charge in [0.15, 0.2) is 0 Å². The third-order valence-electron chi connectivity index (χ3n) is 2.70. The number of H-pyrrole nitrogens is 1. The van der Waals surface area contributed by atoms with Crippen LogP contribution in [0.3, 0.4) is 0 Å². The van der Waals surface area contributed by atoms with Gasteiger partial charge in [0.05, 0.1) is 6.54 Å². The Kier molecular flexibility index (Phi) is 4.45. The standard InChI is InChI=1S/C14H19N5O/c1-9(2)4-11-6-12(17-8-16-11)15-7-13-18-10(3)5-14(20)19-13/h5-6,8-9H,4,7H2,1-3H3,(H,15,16,17)(H,18,19,20). The summed E-state index contributed by atoms with van der Waals surface area (Å²) >= 11 is 0. The Morgan fingerprint density at radius 3 is 2.80 bits per heavy atom. The first-order valence-electron chi connectivity index (χ1n) is 6.64. The van der Waals surface area contributed by atoms with E-state index >= 15 is 0 Å². The first-order valence-corrected chi connectivity index (χ1v) is 6.64. The minimum Gasteiger partial charge on any atom is -0.363 e. The average Bonchev–Trinajstić information content (AvgIpc) is 2.35. The molecule has 20 heavy (non-hydrogen) atoms. The van der Waals surface area contributed by atoms with Crippen LogP contribution in [0, 0.1) is 12.8 Å². The largest absolute Gasteiger partial charge is 0.363 e. The number of aromatic amines is 1. The van der Waals surface area contributed by atoms with Crippen LogP contribution in [0.2, 0.25) is 0 Å². The van der Waals surface area contributed by atoms with Gasteiger partial charge in [-0.15, -0.1) is 0 Å². The molecular weight excluding hydrogens is 254 g/mol. The molecule has 0 unspecified atom stereocenters. The first-order chi connectivity index (χ1) is 9.52. The Balaban J connectivity index is 2.05. The van der Waals surface area contributed by atoms with Crippen LogP contribution in [0.4, 0.5) is 5.82 Å². The zero-order valence-electron chi connectivity index (χ0n) is 12.0. The maximum Gasteiger partial charge on any atom is 0.251 e. The van der Waals surface area contributed by atoms with Crippen molar-refractivity contribution in [2.24, 2.45) is 5.92 Å². The van der Waals surface area contributed by atoms with Crippen molar-refractivity contribution in [3.05, 3.63) is 46.0 Å². The molecule has 2 aromatic rings. The van der Waals surface area contributed by atoms with E-state index in [4.69, 9.17) is 0 Å². The lowest BCUT2D eigenvalue weighted by Crippen LogP contribution is -2.14. The summed E-state index contributed by atoms with van der Waals surface area (Å²) in [7, 11) is 0. The van der Waals surface area contributed by atoms with Crippen molar-refractivity contribution >= 4 is 5.82 Å². The molecule has 2 rings (SSSR count). The summed E-state index contributed by atoms with van der Waals surface area (Å²) in [6, 6.07) is 3.39. The van der Waals surface area contributed by atoms with Crippen LogP contribution in [0.1, 0.15) is 31.1 Å². The maximum absolute atomic E-state index is 11.3. The van der Waals surface area contributed by atoms with Crippen LogP contribution in [-0.2, 0) is 13.0 Å². The fraction of sp³-hybridized carbons (Fsp3) is 0.429.